The van der Waals surface area contributed by atoms with Crippen LogP contribution in [0.1, 0.15) is 42.5 Å². The topological polar surface area (TPSA) is 42.2 Å². The first-order valence-electron chi connectivity index (χ1n) is 6.12. The molecule has 1 saturated carbocycles. The maximum Gasteiger partial charge on any atom is 0.287 e. The van der Waals surface area contributed by atoms with Crippen LogP contribution in [0.2, 0.25) is 0 Å². The lowest BCUT2D eigenvalue weighted by molar-refractivity contribution is 0.0915. The van der Waals surface area contributed by atoms with Gasteiger partial charge in [0.05, 0.1) is 0 Å². The normalized spacial score (nSPS) is 16.8. The molecule has 3 nitrogen and oxygen atoms in total. The molecule has 0 radical (unpaired) electrons. The van der Waals surface area contributed by atoms with Gasteiger partial charge in [0.15, 0.2) is 5.76 Å². The van der Waals surface area contributed by atoms with Crippen LogP contribution in [-0.4, -0.2) is 17.8 Å². The number of nitrogens with one attached hydrogen (secondary N) is 1. The molecule has 1 heterocycles. The van der Waals surface area contributed by atoms with Crippen LogP contribution in [0.4, 0.5) is 0 Å². The van der Waals surface area contributed by atoms with Crippen molar-refractivity contribution in [2.75, 3.05) is 11.9 Å². The predicted octanol–water partition coefficient (Wildman–Crippen LogP) is 3.14. The van der Waals surface area contributed by atoms with E-state index in [-0.39, 0.29) is 5.91 Å². The quantitative estimate of drug-likeness (QED) is 0.820. The van der Waals surface area contributed by atoms with Crippen molar-refractivity contribution in [3.05, 3.63) is 23.7 Å². The van der Waals surface area contributed by atoms with E-state index in [4.69, 9.17) is 4.42 Å². The van der Waals surface area contributed by atoms with Crippen molar-refractivity contribution in [1.82, 2.24) is 5.32 Å². The van der Waals surface area contributed by atoms with Crippen LogP contribution in [-0.2, 0) is 6.42 Å². The molecule has 1 amide bonds. The molecule has 0 bridgehead atoms. The Kier molecular flexibility index (Phi) is 3.92. The van der Waals surface area contributed by atoms with Crippen LogP contribution >= 0.6 is 15.9 Å². The second kappa shape index (κ2) is 5.25. The highest BCUT2D eigenvalue weighted by molar-refractivity contribution is 9.09. The van der Waals surface area contributed by atoms with E-state index >= 15 is 0 Å². The minimum atomic E-state index is -0.0921. The lowest BCUT2D eigenvalue weighted by Crippen LogP contribution is -2.30. The molecule has 1 aromatic heterocycles. The molecule has 1 fully saturated rings. The molecular weight excluding hydrogens is 282 g/mol. The van der Waals surface area contributed by atoms with Crippen molar-refractivity contribution in [3.63, 3.8) is 0 Å². The van der Waals surface area contributed by atoms with Crippen LogP contribution in [0, 0.1) is 5.41 Å². The third-order valence-corrected chi connectivity index (χ3v) is 3.84. The summed E-state index contributed by atoms with van der Waals surface area (Å²) >= 11 is 3.46. The Hall–Kier alpha value is -0.770. The molecule has 0 unspecified atom stereocenters. The monoisotopic (exact) mass is 299 g/mol. The molecule has 1 N–H and O–H groups in total. The van der Waals surface area contributed by atoms with Crippen LogP contribution in [0.5, 0.6) is 0 Å². The molecule has 1 aliphatic carbocycles. The van der Waals surface area contributed by atoms with Crippen molar-refractivity contribution in [1.29, 1.82) is 0 Å². The van der Waals surface area contributed by atoms with Crippen LogP contribution in [0.15, 0.2) is 16.5 Å². The summed E-state index contributed by atoms with van der Waals surface area (Å²) in [5.74, 6) is 1.19. The average Bonchev–Trinajstić information content (AvgIpc) is 2.93. The van der Waals surface area contributed by atoms with Gasteiger partial charge in [-0.25, -0.2) is 0 Å². The van der Waals surface area contributed by atoms with Gasteiger partial charge in [0.2, 0.25) is 0 Å². The third-order valence-electron chi connectivity index (χ3n) is 3.44. The van der Waals surface area contributed by atoms with Gasteiger partial charge in [0, 0.05) is 18.3 Å². The first-order valence-corrected chi connectivity index (χ1v) is 7.24. The van der Waals surface area contributed by atoms with Crippen molar-refractivity contribution < 1.29 is 9.21 Å². The summed E-state index contributed by atoms with van der Waals surface area (Å²) in [6, 6.07) is 3.61. The Morgan fingerprint density at radius 1 is 1.53 bits per heavy atom. The molecule has 94 valence electrons. The van der Waals surface area contributed by atoms with Crippen molar-refractivity contribution >= 4 is 21.8 Å². The zero-order valence-electron chi connectivity index (χ0n) is 10.1. The SMILES string of the molecule is CCc1ccc(C(=O)NCC2(CCBr)CC2)o1. The smallest absolute Gasteiger partial charge is 0.287 e. The van der Waals surface area contributed by atoms with E-state index in [1.807, 2.05) is 13.0 Å². The van der Waals surface area contributed by atoms with Gasteiger partial charge in [0.1, 0.15) is 5.76 Å². The maximum absolute atomic E-state index is 11.8. The maximum atomic E-state index is 11.8. The fourth-order valence-corrected chi connectivity index (χ4v) is 2.78. The van der Waals surface area contributed by atoms with E-state index in [9.17, 15) is 4.79 Å². The number of aryl methyl sites for hydroxylation is 1. The van der Waals surface area contributed by atoms with E-state index in [0.29, 0.717) is 11.2 Å². The van der Waals surface area contributed by atoms with Gasteiger partial charge < -0.3 is 9.73 Å². The fourth-order valence-electron chi connectivity index (χ4n) is 1.94. The largest absolute Gasteiger partial charge is 0.456 e. The highest BCUT2D eigenvalue weighted by Crippen LogP contribution is 2.48. The highest BCUT2D eigenvalue weighted by atomic mass is 79.9. The molecule has 0 aromatic carbocycles. The number of rotatable bonds is 6. The van der Waals surface area contributed by atoms with E-state index in [1.165, 1.54) is 12.8 Å². The molecule has 17 heavy (non-hydrogen) atoms. The molecule has 4 heteroatoms. The number of carbonyl (C=O) groups is 1. The van der Waals surface area contributed by atoms with Gasteiger partial charge in [-0.05, 0) is 36.8 Å². The Bertz CT molecular complexity index is 396. The Morgan fingerprint density at radius 3 is 2.82 bits per heavy atom. The average molecular weight is 300 g/mol. The van der Waals surface area contributed by atoms with Gasteiger partial charge in [0.25, 0.3) is 5.91 Å². The third kappa shape index (κ3) is 3.12. The minimum absolute atomic E-state index is 0.0921. The fraction of sp³-hybridized carbons (Fsp3) is 0.615. The van der Waals surface area contributed by atoms with E-state index in [2.05, 4.69) is 21.2 Å². The van der Waals surface area contributed by atoms with Gasteiger partial charge in [-0.15, -0.1) is 0 Å². The number of hydrogen-bond donors (Lipinski definition) is 1. The summed E-state index contributed by atoms with van der Waals surface area (Å²) in [7, 11) is 0. The van der Waals surface area contributed by atoms with Gasteiger partial charge in [-0.3, -0.25) is 4.79 Å². The van der Waals surface area contributed by atoms with Crippen molar-refractivity contribution in [3.8, 4) is 0 Å². The Balaban J connectivity index is 1.85. The Morgan fingerprint density at radius 2 is 2.29 bits per heavy atom. The highest BCUT2D eigenvalue weighted by Gasteiger charge is 2.41. The molecule has 0 saturated heterocycles. The van der Waals surface area contributed by atoms with Crippen LogP contribution < -0.4 is 5.32 Å². The summed E-state index contributed by atoms with van der Waals surface area (Å²) < 4.78 is 5.42. The Labute approximate surface area is 110 Å². The second-order valence-corrected chi connectivity index (χ2v) is 5.53. The second-order valence-electron chi connectivity index (χ2n) is 4.74. The number of hydrogen-bond acceptors (Lipinski definition) is 2. The first kappa shape index (κ1) is 12.7. The number of halogens is 1. The molecule has 0 spiro atoms. The number of amides is 1. The number of alkyl halides is 1. The summed E-state index contributed by atoms with van der Waals surface area (Å²) in [5.41, 5.74) is 0.347. The van der Waals surface area contributed by atoms with Gasteiger partial charge >= 0.3 is 0 Å². The lowest BCUT2D eigenvalue weighted by atomic mass is 10.0. The summed E-state index contributed by atoms with van der Waals surface area (Å²) in [6.45, 7) is 2.77. The van der Waals surface area contributed by atoms with E-state index < -0.39 is 0 Å². The van der Waals surface area contributed by atoms with E-state index in [1.54, 1.807) is 6.07 Å². The molecule has 1 aromatic rings. The first-order chi connectivity index (χ1) is 8.19. The zero-order chi connectivity index (χ0) is 12.3. The van der Waals surface area contributed by atoms with E-state index in [0.717, 1.165) is 30.5 Å². The number of carbonyl (C=O) groups excluding carboxylic acids is 1. The van der Waals surface area contributed by atoms with Crippen LogP contribution in [0.3, 0.4) is 0 Å². The molecule has 0 aliphatic heterocycles. The van der Waals surface area contributed by atoms with Gasteiger partial charge in [-0.1, -0.05) is 22.9 Å². The molecule has 1 aliphatic rings. The number of furan rings is 1. The van der Waals surface area contributed by atoms with Crippen molar-refractivity contribution in [2.24, 2.45) is 5.41 Å². The molecule has 0 atom stereocenters. The minimum Gasteiger partial charge on any atom is -0.456 e. The van der Waals surface area contributed by atoms with Crippen molar-refractivity contribution in [2.45, 2.75) is 32.6 Å². The predicted molar refractivity (Wildman–Crippen MR) is 70.5 cm³/mol. The summed E-state index contributed by atoms with van der Waals surface area (Å²) in [4.78, 5) is 11.8. The summed E-state index contributed by atoms with van der Waals surface area (Å²) in [5, 5.41) is 3.97. The van der Waals surface area contributed by atoms with Crippen LogP contribution in [0.25, 0.3) is 0 Å². The lowest BCUT2D eigenvalue weighted by Gasteiger charge is -2.13. The summed E-state index contributed by atoms with van der Waals surface area (Å²) in [6.07, 6.45) is 4.39. The molecule has 2 rings (SSSR count). The standard InChI is InChI=1S/C13H18BrNO2/c1-2-10-3-4-11(17-10)12(16)15-9-13(5-6-13)7-8-14/h3-4H,2,5-9H2,1H3,(H,15,16). The molecular formula is C13H18BrNO2. The van der Waals surface area contributed by atoms with Gasteiger partial charge in [-0.2, -0.15) is 0 Å². The zero-order valence-corrected chi connectivity index (χ0v) is 11.7.